The summed E-state index contributed by atoms with van der Waals surface area (Å²) in [6, 6.07) is 13.3. The number of fused-ring (bicyclic) bond motifs is 1. The quantitative estimate of drug-likeness (QED) is 0.700. The standard InChI is InChI=1S/C19H18N2O2/c1-3-9-21-16-12-15(20)7-8-17(16)23-18(19(21)22)11-14-6-4-5-13(2)10-14/h1,4-8,10,12,18H,9,11,20H2,2H3. The van der Waals surface area contributed by atoms with Crippen molar-refractivity contribution in [2.24, 2.45) is 0 Å². The molecule has 1 unspecified atom stereocenters. The van der Waals surface area contributed by atoms with E-state index >= 15 is 0 Å². The maximum absolute atomic E-state index is 12.7. The molecular weight excluding hydrogens is 288 g/mol. The van der Waals surface area contributed by atoms with Crippen LogP contribution in [0.1, 0.15) is 11.1 Å². The van der Waals surface area contributed by atoms with Crippen LogP contribution in [-0.4, -0.2) is 18.6 Å². The van der Waals surface area contributed by atoms with Crippen molar-refractivity contribution in [3.05, 3.63) is 53.6 Å². The monoisotopic (exact) mass is 306 g/mol. The average molecular weight is 306 g/mol. The van der Waals surface area contributed by atoms with Crippen LogP contribution in [0.15, 0.2) is 42.5 Å². The zero-order valence-electron chi connectivity index (χ0n) is 13.0. The van der Waals surface area contributed by atoms with Crippen molar-refractivity contribution < 1.29 is 9.53 Å². The fourth-order valence-corrected chi connectivity index (χ4v) is 2.78. The zero-order chi connectivity index (χ0) is 16.4. The average Bonchev–Trinajstić information content (AvgIpc) is 2.52. The Morgan fingerprint density at radius 3 is 2.87 bits per heavy atom. The van der Waals surface area contributed by atoms with Crippen LogP contribution >= 0.6 is 0 Å². The maximum atomic E-state index is 12.7. The summed E-state index contributed by atoms with van der Waals surface area (Å²) in [5.41, 5.74) is 9.23. The van der Waals surface area contributed by atoms with Crippen LogP contribution < -0.4 is 15.4 Å². The Balaban J connectivity index is 1.93. The molecule has 2 N–H and O–H groups in total. The molecule has 23 heavy (non-hydrogen) atoms. The number of nitrogen functional groups attached to an aromatic ring is 1. The smallest absolute Gasteiger partial charge is 0.269 e. The fourth-order valence-electron chi connectivity index (χ4n) is 2.78. The van der Waals surface area contributed by atoms with E-state index in [4.69, 9.17) is 16.9 Å². The van der Waals surface area contributed by atoms with E-state index in [-0.39, 0.29) is 12.5 Å². The lowest BCUT2D eigenvalue weighted by molar-refractivity contribution is -0.126. The molecule has 1 atom stereocenters. The molecule has 2 aromatic rings. The first-order valence-corrected chi connectivity index (χ1v) is 7.45. The van der Waals surface area contributed by atoms with Gasteiger partial charge in [-0.05, 0) is 30.7 Å². The second-order valence-corrected chi connectivity index (χ2v) is 5.66. The number of terminal acetylenes is 1. The van der Waals surface area contributed by atoms with Crippen LogP contribution in [-0.2, 0) is 11.2 Å². The molecule has 1 aliphatic rings. The van der Waals surface area contributed by atoms with E-state index in [9.17, 15) is 4.79 Å². The molecule has 0 saturated heterocycles. The predicted molar refractivity (Wildman–Crippen MR) is 91.3 cm³/mol. The number of carbonyl (C=O) groups excluding carboxylic acids is 1. The summed E-state index contributed by atoms with van der Waals surface area (Å²) in [5, 5.41) is 0. The van der Waals surface area contributed by atoms with Crippen molar-refractivity contribution in [1.29, 1.82) is 0 Å². The van der Waals surface area contributed by atoms with Gasteiger partial charge < -0.3 is 10.5 Å². The van der Waals surface area contributed by atoms with Gasteiger partial charge in [0, 0.05) is 12.1 Å². The molecular formula is C19H18N2O2. The highest BCUT2D eigenvalue weighted by Gasteiger charge is 2.34. The Labute approximate surface area is 135 Å². The van der Waals surface area contributed by atoms with E-state index in [1.54, 1.807) is 23.1 Å². The molecule has 0 saturated carbocycles. The lowest BCUT2D eigenvalue weighted by Crippen LogP contribution is -2.47. The van der Waals surface area contributed by atoms with Gasteiger partial charge in [0.05, 0.1) is 12.2 Å². The number of hydrogen-bond acceptors (Lipinski definition) is 3. The molecule has 0 bridgehead atoms. The van der Waals surface area contributed by atoms with E-state index in [0.29, 0.717) is 23.5 Å². The minimum absolute atomic E-state index is 0.137. The minimum atomic E-state index is -0.582. The first-order chi connectivity index (χ1) is 11.1. The van der Waals surface area contributed by atoms with Gasteiger partial charge in [0.15, 0.2) is 6.10 Å². The Kier molecular flexibility index (Phi) is 3.94. The lowest BCUT2D eigenvalue weighted by atomic mass is 10.0. The van der Waals surface area contributed by atoms with Crippen LogP contribution in [0.25, 0.3) is 0 Å². The molecule has 4 nitrogen and oxygen atoms in total. The summed E-state index contributed by atoms with van der Waals surface area (Å²) in [6.07, 6.45) is 5.34. The van der Waals surface area contributed by atoms with E-state index in [0.717, 1.165) is 11.1 Å². The Morgan fingerprint density at radius 2 is 2.13 bits per heavy atom. The number of hydrogen-bond donors (Lipinski definition) is 1. The SMILES string of the molecule is C#CCN1C(=O)C(Cc2cccc(C)c2)Oc2ccc(N)cc21. The molecule has 2 aromatic carbocycles. The third kappa shape index (κ3) is 3.00. The van der Waals surface area contributed by atoms with Gasteiger partial charge in [-0.2, -0.15) is 0 Å². The van der Waals surface area contributed by atoms with Crippen LogP contribution in [0, 0.1) is 19.3 Å². The van der Waals surface area contributed by atoms with Crippen LogP contribution in [0.3, 0.4) is 0 Å². The molecule has 4 heteroatoms. The molecule has 3 rings (SSSR count). The topological polar surface area (TPSA) is 55.6 Å². The number of nitrogens with zero attached hydrogens (tertiary/aromatic N) is 1. The van der Waals surface area contributed by atoms with Crippen LogP contribution in [0.4, 0.5) is 11.4 Å². The molecule has 1 heterocycles. The van der Waals surface area contributed by atoms with Gasteiger partial charge in [-0.3, -0.25) is 9.69 Å². The first kappa shape index (κ1) is 15.0. The van der Waals surface area contributed by atoms with Gasteiger partial charge in [0.2, 0.25) is 0 Å². The van der Waals surface area contributed by atoms with Crippen molar-refractivity contribution in [3.63, 3.8) is 0 Å². The second kappa shape index (κ2) is 6.05. The summed E-state index contributed by atoms with van der Waals surface area (Å²) < 4.78 is 5.90. The lowest BCUT2D eigenvalue weighted by Gasteiger charge is -2.33. The highest BCUT2D eigenvalue weighted by molar-refractivity contribution is 6.01. The predicted octanol–water partition coefficient (Wildman–Crippen LogP) is 2.55. The van der Waals surface area contributed by atoms with Crippen LogP contribution in [0.2, 0.25) is 0 Å². The summed E-state index contributed by atoms with van der Waals surface area (Å²) in [6.45, 7) is 2.22. The zero-order valence-corrected chi connectivity index (χ0v) is 13.0. The van der Waals surface area contributed by atoms with Crippen molar-refractivity contribution in [2.45, 2.75) is 19.4 Å². The van der Waals surface area contributed by atoms with Gasteiger partial charge in [-0.1, -0.05) is 35.7 Å². The maximum Gasteiger partial charge on any atom is 0.269 e. The van der Waals surface area contributed by atoms with Gasteiger partial charge in [0.25, 0.3) is 5.91 Å². The summed E-state index contributed by atoms with van der Waals surface area (Å²) in [7, 11) is 0. The molecule has 116 valence electrons. The van der Waals surface area contributed by atoms with E-state index in [1.807, 2.05) is 25.1 Å². The normalized spacial score (nSPS) is 16.4. The summed E-state index contributed by atoms with van der Waals surface area (Å²) in [4.78, 5) is 14.3. The number of aryl methyl sites for hydroxylation is 1. The van der Waals surface area contributed by atoms with Gasteiger partial charge in [-0.15, -0.1) is 6.42 Å². The van der Waals surface area contributed by atoms with E-state index in [2.05, 4.69) is 12.0 Å². The van der Waals surface area contributed by atoms with E-state index in [1.165, 1.54) is 0 Å². The second-order valence-electron chi connectivity index (χ2n) is 5.66. The number of nitrogens with two attached hydrogens (primary N) is 1. The molecule has 1 aliphatic heterocycles. The van der Waals surface area contributed by atoms with Crippen molar-refractivity contribution >= 4 is 17.3 Å². The molecule has 0 spiro atoms. The number of rotatable bonds is 3. The minimum Gasteiger partial charge on any atom is -0.478 e. The first-order valence-electron chi connectivity index (χ1n) is 7.45. The molecule has 0 radical (unpaired) electrons. The molecule has 1 amide bonds. The Bertz CT molecular complexity index is 792. The highest BCUT2D eigenvalue weighted by Crippen LogP contribution is 2.36. The number of benzene rings is 2. The highest BCUT2D eigenvalue weighted by atomic mass is 16.5. The van der Waals surface area contributed by atoms with Gasteiger partial charge in [-0.25, -0.2) is 0 Å². The van der Waals surface area contributed by atoms with Crippen LogP contribution in [0.5, 0.6) is 5.75 Å². The third-order valence-electron chi connectivity index (χ3n) is 3.84. The fraction of sp³-hybridized carbons (Fsp3) is 0.211. The Morgan fingerprint density at radius 1 is 1.30 bits per heavy atom. The van der Waals surface area contributed by atoms with Crippen molar-refractivity contribution in [2.75, 3.05) is 17.2 Å². The largest absolute Gasteiger partial charge is 0.478 e. The number of amides is 1. The molecule has 0 aliphatic carbocycles. The molecule has 0 fully saturated rings. The summed E-state index contributed by atoms with van der Waals surface area (Å²) >= 11 is 0. The number of ether oxygens (including phenoxy) is 1. The van der Waals surface area contributed by atoms with Gasteiger partial charge >= 0.3 is 0 Å². The third-order valence-corrected chi connectivity index (χ3v) is 3.84. The number of anilines is 2. The van der Waals surface area contributed by atoms with Gasteiger partial charge in [0.1, 0.15) is 5.75 Å². The van der Waals surface area contributed by atoms with Crippen molar-refractivity contribution in [3.8, 4) is 18.1 Å². The number of carbonyl (C=O) groups is 1. The molecule has 0 aromatic heterocycles. The summed E-state index contributed by atoms with van der Waals surface area (Å²) in [5.74, 6) is 3.03. The Hall–Kier alpha value is -2.93. The van der Waals surface area contributed by atoms with Crippen molar-refractivity contribution in [1.82, 2.24) is 0 Å². The van der Waals surface area contributed by atoms with E-state index < -0.39 is 6.10 Å².